The molecule has 0 bridgehead atoms. The maximum absolute atomic E-state index is 11.8. The number of β-amino-alcohol motifs (C(OH)–C–C–N with tert-alkyl or cyclic N) is 1. The van der Waals surface area contributed by atoms with Crippen molar-refractivity contribution in [2.45, 2.75) is 43.7 Å². The zero-order valence-corrected chi connectivity index (χ0v) is 14.5. The van der Waals surface area contributed by atoms with Crippen LogP contribution >= 0.6 is 0 Å². The van der Waals surface area contributed by atoms with E-state index < -0.39 is 5.60 Å². The van der Waals surface area contributed by atoms with Crippen LogP contribution in [-0.4, -0.2) is 54.4 Å². The number of rotatable bonds is 4. The van der Waals surface area contributed by atoms with Gasteiger partial charge in [-0.15, -0.1) is 0 Å². The number of amides is 1. The molecule has 5 nitrogen and oxygen atoms in total. The van der Waals surface area contributed by atoms with Gasteiger partial charge in [0.05, 0.1) is 11.1 Å². The zero-order valence-electron chi connectivity index (χ0n) is 14.5. The fourth-order valence-corrected chi connectivity index (χ4v) is 4.00. The third-order valence-corrected chi connectivity index (χ3v) is 5.39. The van der Waals surface area contributed by atoms with Crippen LogP contribution in [0.15, 0.2) is 30.3 Å². The molecule has 24 heavy (non-hydrogen) atoms. The van der Waals surface area contributed by atoms with Gasteiger partial charge >= 0.3 is 0 Å². The summed E-state index contributed by atoms with van der Waals surface area (Å²) in [5.41, 5.74) is 0.255. The predicted octanol–water partition coefficient (Wildman–Crippen LogP) is 1.66. The van der Waals surface area contributed by atoms with E-state index in [2.05, 4.69) is 22.3 Å². The van der Waals surface area contributed by atoms with Gasteiger partial charge in [-0.3, -0.25) is 4.79 Å². The minimum absolute atomic E-state index is 0.00959. The molecule has 2 fully saturated rings. The van der Waals surface area contributed by atoms with E-state index in [9.17, 15) is 9.90 Å². The van der Waals surface area contributed by atoms with Crippen LogP contribution in [0.2, 0.25) is 0 Å². The fraction of sp³-hybridized carbons (Fsp3) is 0.632. The van der Waals surface area contributed by atoms with Crippen molar-refractivity contribution < 1.29 is 14.6 Å². The Hall–Kier alpha value is -1.43. The average molecular weight is 332 g/mol. The molecule has 2 N–H and O–H groups in total. The van der Waals surface area contributed by atoms with Gasteiger partial charge in [-0.1, -0.05) is 30.3 Å². The summed E-state index contributed by atoms with van der Waals surface area (Å²) in [4.78, 5) is 14.1. The van der Waals surface area contributed by atoms with Gasteiger partial charge in [0.15, 0.2) is 0 Å². The molecule has 2 aliphatic rings. The molecule has 2 saturated heterocycles. The zero-order chi connectivity index (χ0) is 17.0. The highest BCUT2D eigenvalue weighted by molar-refractivity contribution is 5.74. The Labute approximate surface area is 144 Å². The number of hydrogen-bond acceptors (Lipinski definition) is 4. The summed E-state index contributed by atoms with van der Waals surface area (Å²) < 4.78 is 5.36. The summed E-state index contributed by atoms with van der Waals surface area (Å²) >= 11 is 0. The van der Waals surface area contributed by atoms with Gasteiger partial charge in [-0.25, -0.2) is 0 Å². The van der Waals surface area contributed by atoms with Crippen molar-refractivity contribution in [3.8, 4) is 0 Å². The van der Waals surface area contributed by atoms with E-state index in [1.165, 1.54) is 5.56 Å². The van der Waals surface area contributed by atoms with Crippen LogP contribution in [0.4, 0.5) is 0 Å². The maximum Gasteiger partial charge on any atom is 0.217 e. The molecule has 0 unspecified atom stereocenters. The SMILES string of the molecule is CC(=O)NC1(c2ccccc2)CCN(CC2(O)CCOCC2)CC1. The van der Waals surface area contributed by atoms with Crippen LogP contribution < -0.4 is 5.32 Å². The molecule has 0 atom stereocenters. The Kier molecular flexibility index (Phi) is 5.23. The topological polar surface area (TPSA) is 61.8 Å². The molecule has 5 heteroatoms. The molecule has 2 aliphatic heterocycles. The number of piperidine rings is 1. The Bertz CT molecular complexity index is 547. The Morgan fingerprint density at radius 3 is 2.38 bits per heavy atom. The lowest BCUT2D eigenvalue weighted by Crippen LogP contribution is -2.55. The number of nitrogens with one attached hydrogen (secondary N) is 1. The van der Waals surface area contributed by atoms with Crippen molar-refractivity contribution in [3.05, 3.63) is 35.9 Å². The third-order valence-electron chi connectivity index (χ3n) is 5.39. The van der Waals surface area contributed by atoms with Crippen molar-refractivity contribution in [1.82, 2.24) is 10.2 Å². The largest absolute Gasteiger partial charge is 0.388 e. The number of ether oxygens (including phenoxy) is 1. The quantitative estimate of drug-likeness (QED) is 0.880. The fourth-order valence-electron chi connectivity index (χ4n) is 4.00. The molecule has 3 rings (SSSR count). The molecule has 0 spiro atoms. The summed E-state index contributed by atoms with van der Waals surface area (Å²) in [6.45, 7) is 5.31. The van der Waals surface area contributed by atoms with E-state index in [0.29, 0.717) is 32.6 Å². The molecule has 132 valence electrons. The first-order valence-electron chi connectivity index (χ1n) is 8.88. The monoisotopic (exact) mass is 332 g/mol. The van der Waals surface area contributed by atoms with Crippen LogP contribution in [-0.2, 0) is 15.1 Å². The normalized spacial score (nSPS) is 23.6. The third kappa shape index (κ3) is 3.97. The minimum atomic E-state index is -0.626. The van der Waals surface area contributed by atoms with E-state index in [1.54, 1.807) is 6.92 Å². The molecule has 1 amide bonds. The number of carbonyl (C=O) groups is 1. The second kappa shape index (κ2) is 7.21. The first-order valence-corrected chi connectivity index (χ1v) is 8.88. The van der Waals surface area contributed by atoms with E-state index in [1.807, 2.05) is 18.2 Å². The van der Waals surface area contributed by atoms with Gasteiger partial charge in [-0.2, -0.15) is 0 Å². The Balaban J connectivity index is 1.67. The molecule has 1 aromatic rings. The first-order chi connectivity index (χ1) is 11.5. The lowest BCUT2D eigenvalue weighted by molar-refractivity contribution is -0.122. The predicted molar refractivity (Wildman–Crippen MR) is 92.6 cm³/mol. The van der Waals surface area contributed by atoms with Crippen molar-refractivity contribution in [1.29, 1.82) is 0 Å². The minimum Gasteiger partial charge on any atom is -0.388 e. The number of aliphatic hydroxyl groups is 1. The van der Waals surface area contributed by atoms with E-state index in [4.69, 9.17) is 4.74 Å². The summed E-state index contributed by atoms with van der Waals surface area (Å²) in [5, 5.41) is 13.9. The Morgan fingerprint density at radius 1 is 1.17 bits per heavy atom. The van der Waals surface area contributed by atoms with Gasteiger partial charge in [-0.05, 0) is 18.4 Å². The van der Waals surface area contributed by atoms with Gasteiger partial charge in [0, 0.05) is 52.6 Å². The van der Waals surface area contributed by atoms with Crippen molar-refractivity contribution in [2.75, 3.05) is 32.8 Å². The average Bonchev–Trinajstić information content (AvgIpc) is 2.57. The standard InChI is InChI=1S/C19H28N2O3/c1-16(22)20-19(17-5-3-2-4-6-17)7-11-21(12-8-19)15-18(23)9-13-24-14-10-18/h2-6,23H,7-15H2,1H3,(H,20,22). The molecule has 0 aliphatic carbocycles. The number of hydrogen-bond donors (Lipinski definition) is 2. The summed E-state index contributed by atoms with van der Waals surface area (Å²) in [6, 6.07) is 10.2. The van der Waals surface area contributed by atoms with Crippen LogP contribution in [0.3, 0.4) is 0 Å². The number of carbonyl (C=O) groups excluding carboxylic acids is 1. The van der Waals surface area contributed by atoms with Crippen molar-refractivity contribution in [3.63, 3.8) is 0 Å². The molecule has 1 aromatic carbocycles. The molecule has 0 aromatic heterocycles. The summed E-state index contributed by atoms with van der Waals surface area (Å²) in [6.07, 6.45) is 3.14. The van der Waals surface area contributed by atoms with Gasteiger partial charge in [0.2, 0.25) is 5.91 Å². The van der Waals surface area contributed by atoms with Gasteiger partial charge in [0.25, 0.3) is 0 Å². The van der Waals surface area contributed by atoms with E-state index >= 15 is 0 Å². The van der Waals surface area contributed by atoms with Crippen LogP contribution in [0, 0.1) is 0 Å². The van der Waals surface area contributed by atoms with Crippen LogP contribution in [0.25, 0.3) is 0 Å². The summed E-state index contributed by atoms with van der Waals surface area (Å²) in [5.74, 6) is 0.00959. The van der Waals surface area contributed by atoms with Crippen LogP contribution in [0.5, 0.6) is 0 Å². The second-order valence-electron chi connectivity index (χ2n) is 7.24. The first kappa shape index (κ1) is 17.4. The molecule has 0 saturated carbocycles. The number of benzene rings is 1. The summed E-state index contributed by atoms with van der Waals surface area (Å²) in [7, 11) is 0. The lowest BCUT2D eigenvalue weighted by atomic mass is 9.80. The van der Waals surface area contributed by atoms with Crippen molar-refractivity contribution >= 4 is 5.91 Å². The molecular weight excluding hydrogens is 304 g/mol. The van der Waals surface area contributed by atoms with E-state index in [-0.39, 0.29) is 11.4 Å². The Morgan fingerprint density at radius 2 is 1.79 bits per heavy atom. The highest BCUT2D eigenvalue weighted by Crippen LogP contribution is 2.34. The smallest absolute Gasteiger partial charge is 0.217 e. The maximum atomic E-state index is 11.8. The highest BCUT2D eigenvalue weighted by atomic mass is 16.5. The second-order valence-corrected chi connectivity index (χ2v) is 7.24. The van der Waals surface area contributed by atoms with Crippen molar-refractivity contribution in [2.24, 2.45) is 0 Å². The lowest BCUT2D eigenvalue weighted by Gasteiger charge is -2.45. The number of likely N-dealkylation sites (tertiary alicyclic amines) is 1. The molecule has 2 heterocycles. The van der Waals surface area contributed by atoms with Crippen LogP contribution in [0.1, 0.15) is 38.2 Å². The van der Waals surface area contributed by atoms with Gasteiger partial charge < -0.3 is 20.1 Å². The number of nitrogens with zero attached hydrogens (tertiary/aromatic N) is 1. The van der Waals surface area contributed by atoms with E-state index in [0.717, 1.165) is 25.9 Å². The highest BCUT2D eigenvalue weighted by Gasteiger charge is 2.39. The molecule has 0 radical (unpaired) electrons. The van der Waals surface area contributed by atoms with Gasteiger partial charge in [0.1, 0.15) is 0 Å². The molecular formula is C19H28N2O3.